The van der Waals surface area contributed by atoms with Crippen LogP contribution in [0.15, 0.2) is 24.5 Å². The average molecular weight is 161 g/mol. The maximum Gasteiger partial charge on any atom is 0.141 e. The van der Waals surface area contributed by atoms with Crippen LogP contribution in [-0.2, 0) is 6.54 Å². The van der Waals surface area contributed by atoms with Crippen LogP contribution in [0, 0.1) is 6.92 Å². The lowest BCUT2D eigenvalue weighted by atomic mass is 10.3. The molecule has 2 N–H and O–H groups in total. The minimum Gasteiger partial charge on any atom is -0.326 e. The zero-order valence-electron chi connectivity index (χ0n) is 6.99. The summed E-state index contributed by atoms with van der Waals surface area (Å²) in [5.41, 5.74) is 8.77. The van der Waals surface area contributed by atoms with Gasteiger partial charge in [0.1, 0.15) is 5.65 Å². The number of hydrogen-bond donors (Lipinski definition) is 1. The molecule has 0 aliphatic rings. The monoisotopic (exact) mass is 161 g/mol. The Morgan fingerprint density at radius 1 is 1.58 bits per heavy atom. The van der Waals surface area contributed by atoms with Crippen molar-refractivity contribution in [2.45, 2.75) is 13.5 Å². The van der Waals surface area contributed by atoms with Gasteiger partial charge in [0.2, 0.25) is 0 Å². The van der Waals surface area contributed by atoms with Crippen molar-refractivity contribution in [3.8, 4) is 0 Å². The molecular weight excluding hydrogens is 150 g/mol. The van der Waals surface area contributed by atoms with Crippen LogP contribution < -0.4 is 5.73 Å². The number of pyridine rings is 1. The van der Waals surface area contributed by atoms with Crippen molar-refractivity contribution in [2.75, 3.05) is 0 Å². The number of aromatic nitrogens is 2. The van der Waals surface area contributed by atoms with E-state index in [4.69, 9.17) is 5.73 Å². The van der Waals surface area contributed by atoms with Crippen LogP contribution in [0.1, 0.15) is 11.3 Å². The lowest BCUT2D eigenvalue weighted by Crippen LogP contribution is -1.99. The molecule has 0 aliphatic carbocycles. The minimum absolute atomic E-state index is 0.542. The first-order valence-electron chi connectivity index (χ1n) is 3.94. The Morgan fingerprint density at radius 3 is 3.17 bits per heavy atom. The first-order valence-corrected chi connectivity index (χ1v) is 3.94. The summed E-state index contributed by atoms with van der Waals surface area (Å²) in [6, 6.07) is 3.99. The number of aryl methyl sites for hydroxylation is 1. The van der Waals surface area contributed by atoms with E-state index in [-0.39, 0.29) is 0 Å². The second-order valence-electron chi connectivity index (χ2n) is 2.83. The summed E-state index contributed by atoms with van der Waals surface area (Å²) >= 11 is 0. The lowest BCUT2D eigenvalue weighted by Gasteiger charge is -2.00. The van der Waals surface area contributed by atoms with Gasteiger partial charge < -0.3 is 10.1 Å². The third-order valence-electron chi connectivity index (χ3n) is 2.02. The Balaban J connectivity index is 2.81. The molecule has 2 rings (SSSR count). The van der Waals surface area contributed by atoms with Crippen LogP contribution in [0.5, 0.6) is 0 Å². The van der Waals surface area contributed by atoms with Crippen molar-refractivity contribution in [3.63, 3.8) is 0 Å². The van der Waals surface area contributed by atoms with E-state index in [2.05, 4.69) is 4.98 Å². The van der Waals surface area contributed by atoms with Crippen molar-refractivity contribution in [1.82, 2.24) is 9.38 Å². The quantitative estimate of drug-likeness (QED) is 0.680. The van der Waals surface area contributed by atoms with Crippen LogP contribution in [-0.4, -0.2) is 9.38 Å². The fourth-order valence-corrected chi connectivity index (χ4v) is 1.35. The summed E-state index contributed by atoms with van der Waals surface area (Å²) in [7, 11) is 0. The number of rotatable bonds is 1. The van der Waals surface area contributed by atoms with Crippen molar-refractivity contribution in [3.05, 3.63) is 35.8 Å². The standard InChI is InChI=1S/C9H11N3/c1-7-6-11-9-8(5-10)3-2-4-12(7)9/h2-4,6H,5,10H2,1H3. The van der Waals surface area contributed by atoms with E-state index < -0.39 is 0 Å². The molecule has 0 unspecified atom stereocenters. The van der Waals surface area contributed by atoms with Crippen LogP contribution in [0.25, 0.3) is 5.65 Å². The summed E-state index contributed by atoms with van der Waals surface area (Å²) in [5, 5.41) is 0. The minimum atomic E-state index is 0.542. The topological polar surface area (TPSA) is 43.3 Å². The molecule has 0 atom stereocenters. The van der Waals surface area contributed by atoms with Crippen LogP contribution >= 0.6 is 0 Å². The molecule has 3 heteroatoms. The highest BCUT2D eigenvalue weighted by Crippen LogP contribution is 2.10. The van der Waals surface area contributed by atoms with Crippen molar-refractivity contribution in [1.29, 1.82) is 0 Å². The Bertz CT molecular complexity index is 403. The third-order valence-corrected chi connectivity index (χ3v) is 2.02. The van der Waals surface area contributed by atoms with E-state index in [0.717, 1.165) is 16.9 Å². The Hall–Kier alpha value is -1.35. The molecule has 0 spiro atoms. The zero-order chi connectivity index (χ0) is 8.55. The van der Waals surface area contributed by atoms with Gasteiger partial charge in [-0.25, -0.2) is 4.98 Å². The molecule has 0 aromatic carbocycles. The van der Waals surface area contributed by atoms with Crippen LogP contribution in [0.2, 0.25) is 0 Å². The van der Waals surface area contributed by atoms with Crippen LogP contribution in [0.4, 0.5) is 0 Å². The van der Waals surface area contributed by atoms with Gasteiger partial charge in [-0.05, 0) is 13.0 Å². The number of nitrogens with two attached hydrogens (primary N) is 1. The highest BCUT2D eigenvalue weighted by atomic mass is 15.0. The molecule has 2 aromatic heterocycles. The lowest BCUT2D eigenvalue weighted by molar-refractivity contribution is 1.03. The predicted molar refractivity (Wildman–Crippen MR) is 47.8 cm³/mol. The van der Waals surface area contributed by atoms with E-state index >= 15 is 0 Å². The molecular formula is C9H11N3. The molecule has 0 saturated heterocycles. The summed E-state index contributed by atoms with van der Waals surface area (Å²) in [4.78, 5) is 4.27. The van der Waals surface area contributed by atoms with Gasteiger partial charge in [-0.15, -0.1) is 0 Å². The molecule has 0 fully saturated rings. The average Bonchev–Trinajstić information content (AvgIpc) is 2.48. The Morgan fingerprint density at radius 2 is 2.42 bits per heavy atom. The smallest absolute Gasteiger partial charge is 0.141 e. The van der Waals surface area contributed by atoms with E-state index in [1.54, 1.807) is 0 Å². The predicted octanol–water partition coefficient (Wildman–Crippen LogP) is 1.10. The number of nitrogens with zero attached hydrogens (tertiary/aromatic N) is 2. The maximum absolute atomic E-state index is 5.57. The Kier molecular flexibility index (Phi) is 1.59. The van der Waals surface area contributed by atoms with E-state index in [0.29, 0.717) is 6.54 Å². The fourth-order valence-electron chi connectivity index (χ4n) is 1.35. The molecule has 0 aliphatic heterocycles. The molecule has 12 heavy (non-hydrogen) atoms. The second-order valence-corrected chi connectivity index (χ2v) is 2.83. The first kappa shape index (κ1) is 7.31. The van der Waals surface area contributed by atoms with E-state index in [1.165, 1.54) is 0 Å². The molecule has 2 heterocycles. The van der Waals surface area contributed by atoms with Crippen LogP contribution in [0.3, 0.4) is 0 Å². The van der Waals surface area contributed by atoms with Crippen molar-refractivity contribution < 1.29 is 0 Å². The fraction of sp³-hybridized carbons (Fsp3) is 0.222. The summed E-state index contributed by atoms with van der Waals surface area (Å²) in [5.74, 6) is 0. The SMILES string of the molecule is Cc1cnc2c(CN)cccn12. The number of imidazole rings is 1. The molecule has 2 aromatic rings. The van der Waals surface area contributed by atoms with Gasteiger partial charge in [-0.3, -0.25) is 0 Å². The molecule has 0 bridgehead atoms. The largest absolute Gasteiger partial charge is 0.326 e. The van der Waals surface area contributed by atoms with Gasteiger partial charge in [0.05, 0.1) is 0 Å². The first-order chi connectivity index (χ1) is 5.83. The highest BCUT2D eigenvalue weighted by molar-refractivity contribution is 5.48. The Labute approximate surface area is 70.8 Å². The molecule has 0 saturated carbocycles. The summed E-state index contributed by atoms with van der Waals surface area (Å²) in [6.45, 7) is 2.57. The van der Waals surface area contributed by atoms with Gasteiger partial charge >= 0.3 is 0 Å². The number of fused-ring (bicyclic) bond motifs is 1. The molecule has 0 amide bonds. The van der Waals surface area contributed by atoms with Gasteiger partial charge in [-0.2, -0.15) is 0 Å². The maximum atomic E-state index is 5.57. The number of hydrogen-bond acceptors (Lipinski definition) is 2. The van der Waals surface area contributed by atoms with Gasteiger partial charge in [0.25, 0.3) is 0 Å². The normalized spacial score (nSPS) is 10.8. The highest BCUT2D eigenvalue weighted by Gasteiger charge is 2.01. The zero-order valence-corrected chi connectivity index (χ0v) is 6.99. The van der Waals surface area contributed by atoms with E-state index in [9.17, 15) is 0 Å². The van der Waals surface area contributed by atoms with E-state index in [1.807, 2.05) is 35.9 Å². The second kappa shape index (κ2) is 2.60. The molecule has 3 nitrogen and oxygen atoms in total. The van der Waals surface area contributed by atoms with Crippen molar-refractivity contribution >= 4 is 5.65 Å². The van der Waals surface area contributed by atoms with Gasteiger partial charge in [0, 0.05) is 30.2 Å². The molecule has 62 valence electrons. The van der Waals surface area contributed by atoms with Gasteiger partial charge in [0.15, 0.2) is 0 Å². The van der Waals surface area contributed by atoms with Crippen molar-refractivity contribution in [2.24, 2.45) is 5.73 Å². The summed E-state index contributed by atoms with van der Waals surface area (Å²) < 4.78 is 2.04. The molecule has 0 radical (unpaired) electrons. The summed E-state index contributed by atoms with van der Waals surface area (Å²) in [6.07, 6.45) is 3.85. The third kappa shape index (κ3) is 0.905. The van der Waals surface area contributed by atoms with Gasteiger partial charge in [-0.1, -0.05) is 6.07 Å².